The van der Waals surface area contributed by atoms with E-state index in [4.69, 9.17) is 27.9 Å². The van der Waals surface area contributed by atoms with Crippen LogP contribution in [0.3, 0.4) is 0 Å². The number of benzene rings is 3. The largest absolute Gasteiger partial charge is 0.487 e. The highest BCUT2D eigenvalue weighted by Gasteiger charge is 2.09. The Balaban J connectivity index is 1.59. The van der Waals surface area contributed by atoms with E-state index in [2.05, 4.69) is 33.1 Å². The molecule has 0 unspecified atom stereocenters. The first kappa shape index (κ1) is 21.6. The first-order valence-corrected chi connectivity index (χ1v) is 10.5. The van der Waals surface area contributed by atoms with Gasteiger partial charge in [0.15, 0.2) is 0 Å². The van der Waals surface area contributed by atoms with Crippen LogP contribution in [0.15, 0.2) is 65.8 Å². The van der Waals surface area contributed by atoms with E-state index in [1.807, 2.05) is 43.3 Å². The van der Waals surface area contributed by atoms with E-state index in [9.17, 15) is 4.79 Å². The van der Waals surface area contributed by atoms with Crippen molar-refractivity contribution < 1.29 is 9.53 Å². The molecule has 7 heteroatoms. The minimum absolute atomic E-state index is 0.367. The van der Waals surface area contributed by atoms with Crippen LogP contribution in [-0.4, -0.2) is 12.1 Å². The number of amides is 1. The molecule has 0 radical (unpaired) electrons. The van der Waals surface area contributed by atoms with Gasteiger partial charge in [0.1, 0.15) is 12.4 Å². The first-order chi connectivity index (χ1) is 13.9. The van der Waals surface area contributed by atoms with Crippen LogP contribution >= 0.6 is 45.8 Å². The Morgan fingerprint density at radius 1 is 1.07 bits per heavy atom. The number of rotatable bonds is 6. The van der Waals surface area contributed by atoms with Gasteiger partial charge in [-0.15, -0.1) is 0 Å². The molecule has 0 aromatic heterocycles. The summed E-state index contributed by atoms with van der Waals surface area (Å²) in [4.78, 5) is 12.2. The molecule has 3 aromatic carbocycles. The number of carbonyl (C=O) groups excluding carboxylic acids is 1. The molecule has 3 rings (SSSR count). The van der Waals surface area contributed by atoms with E-state index in [-0.39, 0.29) is 5.91 Å². The molecular formula is C22H17Cl2IN2O2. The van der Waals surface area contributed by atoms with Gasteiger partial charge in [0.05, 0.1) is 21.8 Å². The van der Waals surface area contributed by atoms with Crippen LogP contribution in [0.2, 0.25) is 10.0 Å². The summed E-state index contributed by atoms with van der Waals surface area (Å²) in [6.07, 6.45) is 1.51. The van der Waals surface area contributed by atoms with Gasteiger partial charge in [-0.25, -0.2) is 5.43 Å². The summed E-state index contributed by atoms with van der Waals surface area (Å²) < 4.78 is 6.95. The molecule has 148 valence electrons. The SMILES string of the molecule is Cc1ccc(C(=O)N/N=C\c2ccc(OCc3ccc(I)cc3)c(Cl)c2)c(Cl)c1. The van der Waals surface area contributed by atoms with E-state index in [1.54, 1.807) is 24.3 Å². The zero-order valence-electron chi connectivity index (χ0n) is 15.5. The number of halogens is 3. The number of nitrogens with one attached hydrogen (secondary N) is 1. The smallest absolute Gasteiger partial charge is 0.272 e. The molecule has 3 aromatic rings. The summed E-state index contributed by atoms with van der Waals surface area (Å²) >= 11 is 14.7. The van der Waals surface area contributed by atoms with Crippen molar-refractivity contribution in [1.29, 1.82) is 0 Å². The lowest BCUT2D eigenvalue weighted by Crippen LogP contribution is -2.18. The second kappa shape index (κ2) is 10.1. The van der Waals surface area contributed by atoms with Crippen LogP contribution < -0.4 is 10.2 Å². The van der Waals surface area contributed by atoms with Crippen LogP contribution in [0.1, 0.15) is 27.0 Å². The maximum atomic E-state index is 12.2. The standard InChI is InChI=1S/C22H17Cl2IN2O2/c1-14-2-8-18(19(23)10-14)22(28)27-26-12-16-5-9-21(20(24)11-16)29-13-15-3-6-17(25)7-4-15/h2-12H,13H2,1H3,(H,27,28)/b26-12-. The zero-order chi connectivity index (χ0) is 20.8. The van der Waals surface area contributed by atoms with Crippen LogP contribution in [0.5, 0.6) is 5.75 Å². The molecule has 0 spiro atoms. The number of hydrazone groups is 1. The van der Waals surface area contributed by atoms with E-state index in [1.165, 1.54) is 9.78 Å². The van der Waals surface area contributed by atoms with E-state index >= 15 is 0 Å². The van der Waals surface area contributed by atoms with Gasteiger partial charge in [-0.1, -0.05) is 41.4 Å². The Bertz CT molecular complexity index is 1050. The lowest BCUT2D eigenvalue weighted by atomic mass is 10.1. The fraction of sp³-hybridized carbons (Fsp3) is 0.0909. The molecule has 0 saturated heterocycles. The van der Waals surface area contributed by atoms with E-state index < -0.39 is 0 Å². The van der Waals surface area contributed by atoms with Crippen LogP contribution in [0, 0.1) is 10.5 Å². The normalized spacial score (nSPS) is 10.9. The molecule has 0 fully saturated rings. The Morgan fingerprint density at radius 3 is 2.52 bits per heavy atom. The van der Waals surface area contributed by atoms with Crippen LogP contribution in [0.4, 0.5) is 0 Å². The third-order valence-electron chi connectivity index (χ3n) is 4.01. The minimum Gasteiger partial charge on any atom is -0.487 e. The molecule has 0 saturated carbocycles. The maximum Gasteiger partial charge on any atom is 0.272 e. The summed E-state index contributed by atoms with van der Waals surface area (Å²) in [7, 11) is 0. The van der Waals surface area contributed by atoms with Crippen molar-refractivity contribution in [1.82, 2.24) is 5.43 Å². The molecule has 0 atom stereocenters. The van der Waals surface area contributed by atoms with Gasteiger partial charge in [0.2, 0.25) is 0 Å². The minimum atomic E-state index is -0.380. The van der Waals surface area contributed by atoms with Gasteiger partial charge in [0.25, 0.3) is 5.91 Å². The van der Waals surface area contributed by atoms with Crippen LogP contribution in [0.25, 0.3) is 0 Å². The average molecular weight is 539 g/mol. The molecular weight excluding hydrogens is 522 g/mol. The Kier molecular flexibility index (Phi) is 7.52. The van der Waals surface area contributed by atoms with Crippen molar-refractivity contribution in [2.45, 2.75) is 13.5 Å². The fourth-order valence-corrected chi connectivity index (χ4v) is 3.41. The van der Waals surface area contributed by atoms with Crippen molar-refractivity contribution >= 4 is 57.9 Å². The molecule has 1 N–H and O–H groups in total. The fourth-order valence-electron chi connectivity index (χ4n) is 2.49. The van der Waals surface area contributed by atoms with Gasteiger partial charge in [0, 0.05) is 3.57 Å². The molecule has 4 nitrogen and oxygen atoms in total. The van der Waals surface area contributed by atoms with Crippen molar-refractivity contribution in [3.8, 4) is 5.75 Å². The molecule has 0 bridgehead atoms. The third kappa shape index (κ3) is 6.19. The Morgan fingerprint density at radius 2 is 1.83 bits per heavy atom. The number of ether oxygens (including phenoxy) is 1. The van der Waals surface area contributed by atoms with Crippen molar-refractivity contribution in [3.05, 3.63) is 96.5 Å². The first-order valence-electron chi connectivity index (χ1n) is 8.69. The lowest BCUT2D eigenvalue weighted by molar-refractivity contribution is 0.0955. The van der Waals surface area contributed by atoms with Crippen molar-refractivity contribution in [2.75, 3.05) is 0 Å². The topological polar surface area (TPSA) is 50.7 Å². The van der Waals surface area contributed by atoms with E-state index in [0.717, 1.165) is 16.7 Å². The highest BCUT2D eigenvalue weighted by atomic mass is 127. The second-order valence-corrected chi connectivity index (χ2v) is 8.35. The zero-order valence-corrected chi connectivity index (χ0v) is 19.1. The monoisotopic (exact) mass is 538 g/mol. The third-order valence-corrected chi connectivity index (χ3v) is 5.34. The summed E-state index contributed by atoms with van der Waals surface area (Å²) in [6.45, 7) is 2.33. The van der Waals surface area contributed by atoms with Gasteiger partial charge < -0.3 is 4.74 Å². The molecule has 29 heavy (non-hydrogen) atoms. The number of hydrogen-bond donors (Lipinski definition) is 1. The predicted molar refractivity (Wildman–Crippen MR) is 126 cm³/mol. The molecule has 0 aliphatic rings. The van der Waals surface area contributed by atoms with Gasteiger partial charge >= 0.3 is 0 Å². The lowest BCUT2D eigenvalue weighted by Gasteiger charge is -2.09. The number of nitrogens with zero attached hydrogens (tertiary/aromatic N) is 1. The van der Waals surface area contributed by atoms with Gasteiger partial charge in [-0.2, -0.15) is 5.10 Å². The quantitative estimate of drug-likeness (QED) is 0.229. The number of hydrogen-bond acceptors (Lipinski definition) is 3. The molecule has 1 amide bonds. The Labute approximate surface area is 193 Å². The molecule has 0 heterocycles. The van der Waals surface area contributed by atoms with Gasteiger partial charge in [-0.3, -0.25) is 4.79 Å². The Hall–Kier alpha value is -2.09. The van der Waals surface area contributed by atoms with Crippen LogP contribution in [-0.2, 0) is 6.61 Å². The summed E-state index contributed by atoms with van der Waals surface area (Å²) in [5, 5.41) is 4.82. The summed E-state index contributed by atoms with van der Waals surface area (Å²) in [6, 6.07) is 18.6. The number of aryl methyl sites for hydroxylation is 1. The second-order valence-electron chi connectivity index (χ2n) is 6.29. The van der Waals surface area contributed by atoms with Crippen molar-refractivity contribution in [3.63, 3.8) is 0 Å². The summed E-state index contributed by atoms with van der Waals surface area (Å²) in [5.41, 5.74) is 5.60. The van der Waals surface area contributed by atoms with Gasteiger partial charge in [-0.05, 0) is 88.7 Å². The highest BCUT2D eigenvalue weighted by Crippen LogP contribution is 2.26. The maximum absolute atomic E-state index is 12.2. The average Bonchev–Trinajstić information content (AvgIpc) is 2.68. The molecule has 0 aliphatic carbocycles. The predicted octanol–water partition coefficient (Wildman–Crippen LogP) is 6.25. The van der Waals surface area contributed by atoms with E-state index in [0.29, 0.717) is 28.0 Å². The molecule has 0 aliphatic heterocycles. The highest BCUT2D eigenvalue weighted by molar-refractivity contribution is 14.1. The van der Waals surface area contributed by atoms with Crippen molar-refractivity contribution in [2.24, 2.45) is 5.10 Å². The number of carbonyl (C=O) groups is 1. The summed E-state index contributed by atoms with van der Waals surface area (Å²) in [5.74, 6) is 0.202.